The highest BCUT2D eigenvalue weighted by Crippen LogP contribution is 2.28. The van der Waals surface area contributed by atoms with Gasteiger partial charge in [0.05, 0.1) is 12.2 Å². The monoisotopic (exact) mass is 258 g/mol. The van der Waals surface area contributed by atoms with E-state index in [-0.39, 0.29) is 6.04 Å². The van der Waals surface area contributed by atoms with Gasteiger partial charge in [-0.05, 0) is 24.4 Å². The minimum Gasteiger partial charge on any atom is -0.363 e. The minimum atomic E-state index is 0.191. The van der Waals surface area contributed by atoms with Gasteiger partial charge >= 0.3 is 0 Å². The molecule has 0 aromatic carbocycles. The summed E-state index contributed by atoms with van der Waals surface area (Å²) < 4.78 is 3.07. The Hall–Kier alpha value is -1.88. The van der Waals surface area contributed by atoms with E-state index in [9.17, 15) is 0 Å². The third kappa shape index (κ3) is 1.97. The average Bonchev–Trinajstić information content (AvgIpc) is 2.97. The molecule has 0 fully saturated rings. The molecule has 3 aromatic rings. The largest absolute Gasteiger partial charge is 0.363 e. The Morgan fingerprint density at radius 1 is 1.39 bits per heavy atom. The zero-order chi connectivity index (χ0) is 12.5. The number of nitrogens with zero attached hydrogens (tertiary/aromatic N) is 3. The van der Waals surface area contributed by atoms with Crippen LogP contribution in [0.4, 0.5) is 5.82 Å². The van der Waals surface area contributed by atoms with E-state index in [1.54, 1.807) is 11.3 Å². The SMILES string of the molecule is CC(Nc1nccc2sccc12)c1cnn(C)c1. The fourth-order valence-electron chi connectivity index (χ4n) is 1.96. The number of aryl methyl sites for hydroxylation is 1. The Balaban J connectivity index is 1.90. The number of anilines is 1. The van der Waals surface area contributed by atoms with Gasteiger partial charge in [-0.3, -0.25) is 4.68 Å². The second-order valence-electron chi connectivity index (χ2n) is 4.31. The Morgan fingerprint density at radius 2 is 2.28 bits per heavy atom. The van der Waals surface area contributed by atoms with E-state index >= 15 is 0 Å². The van der Waals surface area contributed by atoms with E-state index in [1.807, 2.05) is 36.4 Å². The summed E-state index contributed by atoms with van der Waals surface area (Å²) in [4.78, 5) is 4.42. The zero-order valence-electron chi connectivity index (χ0n) is 10.3. The van der Waals surface area contributed by atoms with E-state index in [4.69, 9.17) is 0 Å². The van der Waals surface area contributed by atoms with Crippen LogP contribution >= 0.6 is 11.3 Å². The smallest absolute Gasteiger partial charge is 0.135 e. The molecule has 0 aliphatic heterocycles. The molecular formula is C13H14N4S. The van der Waals surface area contributed by atoms with Crippen molar-refractivity contribution in [2.45, 2.75) is 13.0 Å². The summed E-state index contributed by atoms with van der Waals surface area (Å²) in [5.74, 6) is 0.935. The summed E-state index contributed by atoms with van der Waals surface area (Å²) in [5, 5.41) is 10.9. The molecule has 0 spiro atoms. The standard InChI is InChI=1S/C13H14N4S/c1-9(10-7-15-17(2)8-10)16-13-11-4-6-18-12(11)3-5-14-13/h3-9H,1-2H3,(H,14,16). The third-order valence-corrected chi connectivity index (χ3v) is 3.84. The maximum atomic E-state index is 4.42. The van der Waals surface area contributed by atoms with Gasteiger partial charge in [-0.15, -0.1) is 11.3 Å². The van der Waals surface area contributed by atoms with E-state index in [0.29, 0.717) is 0 Å². The van der Waals surface area contributed by atoms with Crippen molar-refractivity contribution in [3.05, 3.63) is 41.7 Å². The zero-order valence-corrected chi connectivity index (χ0v) is 11.1. The highest BCUT2D eigenvalue weighted by atomic mass is 32.1. The summed E-state index contributed by atoms with van der Waals surface area (Å²) in [5.41, 5.74) is 1.16. The lowest BCUT2D eigenvalue weighted by Gasteiger charge is -2.13. The third-order valence-electron chi connectivity index (χ3n) is 2.96. The van der Waals surface area contributed by atoms with Gasteiger partial charge in [0.25, 0.3) is 0 Å². The molecule has 3 aromatic heterocycles. The number of hydrogen-bond acceptors (Lipinski definition) is 4. The molecule has 0 radical (unpaired) electrons. The van der Waals surface area contributed by atoms with Crippen molar-refractivity contribution in [1.82, 2.24) is 14.8 Å². The van der Waals surface area contributed by atoms with Crippen LogP contribution in [0.25, 0.3) is 10.1 Å². The quantitative estimate of drug-likeness (QED) is 0.784. The molecule has 0 aliphatic carbocycles. The van der Waals surface area contributed by atoms with Crippen LogP contribution in [0.3, 0.4) is 0 Å². The maximum absolute atomic E-state index is 4.42. The van der Waals surface area contributed by atoms with E-state index < -0.39 is 0 Å². The predicted octanol–water partition coefficient (Wildman–Crippen LogP) is 3.20. The van der Waals surface area contributed by atoms with E-state index in [2.05, 4.69) is 33.8 Å². The van der Waals surface area contributed by atoms with Crippen LogP contribution in [0.15, 0.2) is 36.1 Å². The predicted molar refractivity (Wildman–Crippen MR) is 74.9 cm³/mol. The van der Waals surface area contributed by atoms with E-state index in [1.165, 1.54) is 10.1 Å². The molecule has 3 rings (SSSR count). The lowest BCUT2D eigenvalue weighted by molar-refractivity contribution is 0.765. The van der Waals surface area contributed by atoms with Crippen LogP contribution < -0.4 is 5.32 Å². The van der Waals surface area contributed by atoms with Gasteiger partial charge in [-0.1, -0.05) is 0 Å². The first-order chi connectivity index (χ1) is 8.74. The van der Waals surface area contributed by atoms with Crippen LogP contribution in [0.2, 0.25) is 0 Å². The Kier molecular flexibility index (Phi) is 2.76. The van der Waals surface area contributed by atoms with Crippen LogP contribution in [0.5, 0.6) is 0 Å². The molecule has 1 atom stereocenters. The van der Waals surface area contributed by atoms with Crippen LogP contribution in [0, 0.1) is 0 Å². The molecular weight excluding hydrogens is 244 g/mol. The van der Waals surface area contributed by atoms with Crippen LogP contribution in [-0.4, -0.2) is 14.8 Å². The summed E-state index contributed by atoms with van der Waals surface area (Å²) >= 11 is 1.73. The lowest BCUT2D eigenvalue weighted by Crippen LogP contribution is -2.07. The van der Waals surface area contributed by atoms with Crippen molar-refractivity contribution < 1.29 is 0 Å². The number of rotatable bonds is 3. The fourth-order valence-corrected chi connectivity index (χ4v) is 2.74. The molecule has 3 heterocycles. The van der Waals surface area contributed by atoms with Crippen molar-refractivity contribution in [3.8, 4) is 0 Å². The number of pyridine rings is 1. The molecule has 1 N–H and O–H groups in total. The average molecular weight is 258 g/mol. The molecule has 4 nitrogen and oxygen atoms in total. The first-order valence-corrected chi connectivity index (χ1v) is 6.69. The molecule has 18 heavy (non-hydrogen) atoms. The van der Waals surface area contributed by atoms with Gasteiger partial charge in [-0.2, -0.15) is 5.10 Å². The number of hydrogen-bond donors (Lipinski definition) is 1. The fraction of sp³-hybridized carbons (Fsp3) is 0.231. The maximum Gasteiger partial charge on any atom is 0.135 e. The van der Waals surface area contributed by atoms with Gasteiger partial charge in [0.2, 0.25) is 0 Å². The molecule has 0 amide bonds. The Labute approximate surface area is 109 Å². The number of thiophene rings is 1. The van der Waals surface area contributed by atoms with Gasteiger partial charge in [0, 0.05) is 35.1 Å². The second-order valence-corrected chi connectivity index (χ2v) is 5.25. The van der Waals surface area contributed by atoms with Gasteiger partial charge in [0.15, 0.2) is 0 Å². The van der Waals surface area contributed by atoms with Crippen LogP contribution in [0.1, 0.15) is 18.5 Å². The first kappa shape index (κ1) is 11.2. The first-order valence-electron chi connectivity index (χ1n) is 5.81. The second kappa shape index (κ2) is 4.42. The number of nitrogens with one attached hydrogen (secondary N) is 1. The topological polar surface area (TPSA) is 42.7 Å². The normalized spacial score (nSPS) is 12.8. The van der Waals surface area contributed by atoms with E-state index in [0.717, 1.165) is 11.4 Å². The highest BCUT2D eigenvalue weighted by molar-refractivity contribution is 7.17. The van der Waals surface area contributed by atoms with Crippen molar-refractivity contribution >= 4 is 27.2 Å². The summed E-state index contributed by atoms with van der Waals surface area (Å²) in [6.07, 6.45) is 5.74. The Bertz CT molecular complexity index is 670. The van der Waals surface area contributed by atoms with Crippen molar-refractivity contribution in [2.75, 3.05) is 5.32 Å². The van der Waals surface area contributed by atoms with Crippen LogP contribution in [-0.2, 0) is 7.05 Å². The molecule has 0 saturated heterocycles. The molecule has 0 bridgehead atoms. The van der Waals surface area contributed by atoms with Gasteiger partial charge in [-0.25, -0.2) is 4.98 Å². The summed E-state index contributed by atoms with van der Waals surface area (Å²) in [6, 6.07) is 4.34. The number of fused-ring (bicyclic) bond motifs is 1. The summed E-state index contributed by atoms with van der Waals surface area (Å²) in [7, 11) is 1.92. The molecule has 0 aliphatic rings. The van der Waals surface area contributed by atoms with Crippen molar-refractivity contribution in [3.63, 3.8) is 0 Å². The van der Waals surface area contributed by atoms with Gasteiger partial charge < -0.3 is 5.32 Å². The highest BCUT2D eigenvalue weighted by Gasteiger charge is 2.10. The molecule has 0 saturated carbocycles. The molecule has 1 unspecified atom stereocenters. The Morgan fingerprint density at radius 3 is 3.06 bits per heavy atom. The lowest BCUT2D eigenvalue weighted by atomic mass is 10.2. The van der Waals surface area contributed by atoms with Gasteiger partial charge in [0.1, 0.15) is 5.82 Å². The minimum absolute atomic E-state index is 0.191. The van der Waals surface area contributed by atoms with Crippen molar-refractivity contribution in [1.29, 1.82) is 0 Å². The number of aromatic nitrogens is 3. The summed E-state index contributed by atoms with van der Waals surface area (Å²) in [6.45, 7) is 2.11. The molecule has 92 valence electrons. The van der Waals surface area contributed by atoms with Crippen molar-refractivity contribution in [2.24, 2.45) is 7.05 Å². The molecule has 5 heteroatoms.